The van der Waals surface area contributed by atoms with Gasteiger partial charge in [0, 0.05) is 16.0 Å². The highest BCUT2D eigenvalue weighted by Gasteiger charge is 2.15. The number of carboxylic acids is 1. The van der Waals surface area contributed by atoms with Gasteiger partial charge in [0.2, 0.25) is 0 Å². The fourth-order valence-corrected chi connectivity index (χ4v) is 2.76. The Kier molecular flexibility index (Phi) is 4.82. The second kappa shape index (κ2) is 6.60. The van der Waals surface area contributed by atoms with E-state index in [0.717, 1.165) is 4.90 Å². The highest BCUT2D eigenvalue weighted by Crippen LogP contribution is 2.36. The van der Waals surface area contributed by atoms with Crippen LogP contribution in [0.25, 0.3) is 0 Å². The number of nitrogens with zero attached hydrogens (tertiary/aromatic N) is 1. The van der Waals surface area contributed by atoms with Gasteiger partial charge in [0.1, 0.15) is 0 Å². The van der Waals surface area contributed by atoms with E-state index in [4.69, 9.17) is 16.7 Å². The van der Waals surface area contributed by atoms with Gasteiger partial charge < -0.3 is 5.11 Å². The zero-order chi connectivity index (χ0) is 15.4. The zero-order valence-corrected chi connectivity index (χ0v) is 12.2. The number of hydrogen-bond donors (Lipinski definition) is 1. The van der Waals surface area contributed by atoms with Gasteiger partial charge in [-0.2, -0.15) is 0 Å². The van der Waals surface area contributed by atoms with Crippen molar-refractivity contribution in [2.45, 2.75) is 16.2 Å². The van der Waals surface area contributed by atoms with E-state index in [0.29, 0.717) is 15.5 Å². The minimum absolute atomic E-state index is 0.0496. The maximum absolute atomic E-state index is 11.0. The van der Waals surface area contributed by atoms with Crippen LogP contribution in [0, 0.1) is 10.1 Å². The summed E-state index contributed by atoms with van der Waals surface area (Å²) in [5.41, 5.74) is 0.625. The molecule has 0 aliphatic rings. The van der Waals surface area contributed by atoms with E-state index in [1.807, 2.05) is 0 Å². The first kappa shape index (κ1) is 15.3. The number of carboxylic acid groups (broad SMARTS) is 1. The molecule has 21 heavy (non-hydrogen) atoms. The first-order valence-corrected chi connectivity index (χ1v) is 7.07. The first-order valence-electron chi connectivity index (χ1n) is 5.88. The molecule has 0 bridgehead atoms. The van der Waals surface area contributed by atoms with Crippen LogP contribution in [0.5, 0.6) is 0 Å². The molecule has 1 N–H and O–H groups in total. The van der Waals surface area contributed by atoms with Gasteiger partial charge in [0.15, 0.2) is 0 Å². The number of halogens is 1. The highest BCUT2D eigenvalue weighted by molar-refractivity contribution is 7.99. The predicted octanol–water partition coefficient (Wildman–Crippen LogP) is 4.03. The van der Waals surface area contributed by atoms with Gasteiger partial charge in [0.25, 0.3) is 5.69 Å². The number of aliphatic carboxylic acids is 1. The lowest BCUT2D eigenvalue weighted by Crippen LogP contribution is -1.99. The molecule has 0 saturated heterocycles. The van der Waals surface area contributed by atoms with E-state index in [-0.39, 0.29) is 12.1 Å². The van der Waals surface area contributed by atoms with Crippen LogP contribution in [0.1, 0.15) is 5.56 Å². The van der Waals surface area contributed by atoms with Gasteiger partial charge in [-0.15, -0.1) is 0 Å². The van der Waals surface area contributed by atoms with Gasteiger partial charge in [-0.1, -0.05) is 35.5 Å². The van der Waals surface area contributed by atoms with Crippen LogP contribution in [-0.2, 0) is 11.2 Å². The predicted molar refractivity (Wildman–Crippen MR) is 80.0 cm³/mol. The minimum Gasteiger partial charge on any atom is -0.481 e. The Bertz CT molecular complexity index is 688. The van der Waals surface area contributed by atoms with E-state index >= 15 is 0 Å². The summed E-state index contributed by atoms with van der Waals surface area (Å²) < 4.78 is 0. The fourth-order valence-electron chi connectivity index (χ4n) is 1.70. The Balaban J connectivity index is 2.22. The number of nitro groups is 1. The maximum atomic E-state index is 11.0. The molecule has 0 amide bonds. The molecule has 0 aliphatic heterocycles. The van der Waals surface area contributed by atoms with Crippen LogP contribution in [0.4, 0.5) is 5.69 Å². The Morgan fingerprint density at radius 2 is 1.90 bits per heavy atom. The SMILES string of the molecule is O=C(O)Cc1ccc(Sc2ccc(Cl)cc2[N+](=O)[O-])cc1. The van der Waals surface area contributed by atoms with Crippen molar-refractivity contribution in [3.63, 3.8) is 0 Å². The standard InChI is InChI=1S/C14H10ClNO4S/c15-10-3-6-13(12(8-10)16(19)20)21-11-4-1-9(2-5-11)7-14(17)18/h1-6,8H,7H2,(H,17,18). The molecule has 2 aromatic carbocycles. The summed E-state index contributed by atoms with van der Waals surface area (Å²) >= 11 is 6.99. The number of benzene rings is 2. The third kappa shape index (κ3) is 4.21. The van der Waals surface area contributed by atoms with Crippen molar-refractivity contribution in [3.05, 3.63) is 63.2 Å². The van der Waals surface area contributed by atoms with Crippen LogP contribution >= 0.6 is 23.4 Å². The van der Waals surface area contributed by atoms with E-state index < -0.39 is 10.9 Å². The van der Waals surface area contributed by atoms with Gasteiger partial charge in [0.05, 0.1) is 16.2 Å². The maximum Gasteiger partial charge on any atom is 0.307 e. The molecule has 0 saturated carbocycles. The third-order valence-electron chi connectivity index (χ3n) is 2.62. The Hall–Kier alpha value is -2.05. The quantitative estimate of drug-likeness (QED) is 0.663. The molecule has 0 aliphatic carbocycles. The van der Waals surface area contributed by atoms with Crippen LogP contribution in [0.3, 0.4) is 0 Å². The number of hydrogen-bond acceptors (Lipinski definition) is 4. The first-order chi connectivity index (χ1) is 9.95. The largest absolute Gasteiger partial charge is 0.481 e. The summed E-state index contributed by atoms with van der Waals surface area (Å²) in [5, 5.41) is 20.0. The number of carbonyl (C=O) groups is 1. The minimum atomic E-state index is -0.899. The summed E-state index contributed by atoms with van der Waals surface area (Å²) in [6, 6.07) is 11.4. The lowest BCUT2D eigenvalue weighted by molar-refractivity contribution is -0.387. The molecule has 0 radical (unpaired) electrons. The van der Waals surface area contributed by atoms with Crippen molar-refractivity contribution < 1.29 is 14.8 Å². The van der Waals surface area contributed by atoms with Crippen molar-refractivity contribution in [2.24, 2.45) is 0 Å². The molecule has 0 heterocycles. The number of rotatable bonds is 5. The second-order valence-electron chi connectivity index (χ2n) is 4.19. The van der Waals surface area contributed by atoms with E-state index in [1.54, 1.807) is 36.4 Å². The Morgan fingerprint density at radius 1 is 1.24 bits per heavy atom. The van der Waals surface area contributed by atoms with E-state index in [2.05, 4.69) is 0 Å². The summed E-state index contributed by atoms with van der Waals surface area (Å²) in [6.07, 6.45) is -0.0496. The molecule has 7 heteroatoms. The molecular formula is C14H10ClNO4S. The molecule has 0 fully saturated rings. The van der Waals surface area contributed by atoms with E-state index in [1.165, 1.54) is 17.8 Å². The normalized spacial score (nSPS) is 10.3. The molecule has 0 atom stereocenters. The van der Waals surface area contributed by atoms with Gasteiger partial charge in [-0.3, -0.25) is 14.9 Å². The third-order valence-corrected chi connectivity index (χ3v) is 3.93. The summed E-state index contributed by atoms with van der Waals surface area (Å²) in [4.78, 5) is 22.4. The highest BCUT2D eigenvalue weighted by atomic mass is 35.5. The van der Waals surface area contributed by atoms with Gasteiger partial charge >= 0.3 is 5.97 Å². The average Bonchev–Trinajstić information content (AvgIpc) is 2.42. The van der Waals surface area contributed by atoms with Crippen molar-refractivity contribution in [1.82, 2.24) is 0 Å². The second-order valence-corrected chi connectivity index (χ2v) is 5.74. The van der Waals surface area contributed by atoms with Crippen LogP contribution in [0.2, 0.25) is 5.02 Å². The van der Waals surface area contributed by atoms with Crippen molar-refractivity contribution in [1.29, 1.82) is 0 Å². The Labute approximate surface area is 129 Å². The Morgan fingerprint density at radius 3 is 2.48 bits per heavy atom. The summed E-state index contributed by atoms with van der Waals surface area (Å²) in [7, 11) is 0. The topological polar surface area (TPSA) is 80.4 Å². The molecule has 5 nitrogen and oxygen atoms in total. The smallest absolute Gasteiger partial charge is 0.307 e. The number of nitro benzene ring substituents is 1. The van der Waals surface area contributed by atoms with Crippen LogP contribution in [-0.4, -0.2) is 16.0 Å². The monoisotopic (exact) mass is 323 g/mol. The summed E-state index contributed by atoms with van der Waals surface area (Å²) in [6.45, 7) is 0. The zero-order valence-electron chi connectivity index (χ0n) is 10.7. The van der Waals surface area contributed by atoms with Crippen molar-refractivity contribution in [3.8, 4) is 0 Å². The molecule has 108 valence electrons. The molecule has 0 aromatic heterocycles. The van der Waals surface area contributed by atoms with E-state index in [9.17, 15) is 14.9 Å². The molecule has 2 rings (SSSR count). The average molecular weight is 324 g/mol. The molecular weight excluding hydrogens is 314 g/mol. The van der Waals surface area contributed by atoms with Crippen molar-refractivity contribution in [2.75, 3.05) is 0 Å². The molecule has 2 aromatic rings. The van der Waals surface area contributed by atoms with Gasteiger partial charge in [-0.25, -0.2) is 0 Å². The lowest BCUT2D eigenvalue weighted by atomic mass is 10.2. The van der Waals surface area contributed by atoms with Gasteiger partial charge in [-0.05, 0) is 29.8 Å². The fraction of sp³-hybridized carbons (Fsp3) is 0.0714. The molecule has 0 unspecified atom stereocenters. The van der Waals surface area contributed by atoms with Crippen LogP contribution < -0.4 is 0 Å². The van der Waals surface area contributed by atoms with Crippen molar-refractivity contribution >= 4 is 35.0 Å². The lowest BCUT2D eigenvalue weighted by Gasteiger charge is -2.04. The summed E-state index contributed by atoms with van der Waals surface area (Å²) in [5.74, 6) is -0.899. The van der Waals surface area contributed by atoms with Crippen LogP contribution in [0.15, 0.2) is 52.3 Å². The molecule has 0 spiro atoms.